The average Bonchev–Trinajstić information content (AvgIpc) is 2.73. The van der Waals surface area contributed by atoms with Gasteiger partial charge in [0.05, 0.1) is 10.9 Å². The van der Waals surface area contributed by atoms with Gasteiger partial charge < -0.3 is 4.90 Å². The first kappa shape index (κ1) is 21.8. The van der Waals surface area contributed by atoms with Crippen molar-refractivity contribution in [2.75, 3.05) is 7.05 Å². The molecule has 0 fully saturated rings. The maximum absolute atomic E-state index is 13.4. The molecule has 1 heterocycles. The van der Waals surface area contributed by atoms with Crippen LogP contribution < -0.4 is 0 Å². The summed E-state index contributed by atoms with van der Waals surface area (Å²) >= 11 is 0.916. The van der Waals surface area contributed by atoms with Gasteiger partial charge in [0, 0.05) is 19.2 Å². The van der Waals surface area contributed by atoms with Gasteiger partial charge in [-0.05, 0) is 18.6 Å². The van der Waals surface area contributed by atoms with Gasteiger partial charge in [0.25, 0.3) is 0 Å². The van der Waals surface area contributed by atoms with Gasteiger partial charge in [-0.2, -0.15) is 13.2 Å². The summed E-state index contributed by atoms with van der Waals surface area (Å²) in [6.07, 6.45) is -4.61. The lowest BCUT2D eigenvalue weighted by atomic mass is 10.1. The smallest absolute Gasteiger partial charge is 0.340 e. The number of amides is 1. The van der Waals surface area contributed by atoms with Crippen molar-refractivity contribution in [1.29, 1.82) is 0 Å². The second-order valence-corrected chi connectivity index (χ2v) is 8.03. The van der Waals surface area contributed by atoms with E-state index in [0.717, 1.165) is 23.4 Å². The van der Waals surface area contributed by atoms with Gasteiger partial charge in [0.1, 0.15) is 5.69 Å². The average molecular weight is 431 g/mol. The zero-order valence-corrected chi connectivity index (χ0v) is 17.2. The van der Waals surface area contributed by atoms with Crippen molar-refractivity contribution in [2.45, 2.75) is 30.1 Å². The molecule has 0 aliphatic heterocycles. The molecule has 0 saturated carbocycles. The zero-order valence-electron chi connectivity index (χ0n) is 16.4. The molecular weight excluding hydrogens is 411 g/mol. The van der Waals surface area contributed by atoms with Crippen molar-refractivity contribution in [3.05, 3.63) is 78.0 Å². The van der Waals surface area contributed by atoms with E-state index in [-0.39, 0.29) is 16.8 Å². The van der Waals surface area contributed by atoms with Crippen molar-refractivity contribution < 1.29 is 18.0 Å². The Bertz CT molecular complexity index is 998. The molecule has 8 heteroatoms. The van der Waals surface area contributed by atoms with Gasteiger partial charge in [-0.1, -0.05) is 72.4 Å². The van der Waals surface area contributed by atoms with E-state index in [0.29, 0.717) is 12.1 Å². The van der Waals surface area contributed by atoms with Crippen LogP contribution in [0.25, 0.3) is 11.3 Å². The third-order valence-corrected chi connectivity index (χ3v) is 5.28. The number of halogens is 3. The first-order valence-corrected chi connectivity index (χ1v) is 10.1. The van der Waals surface area contributed by atoms with Crippen LogP contribution >= 0.6 is 11.8 Å². The second kappa shape index (κ2) is 9.30. The molecule has 1 aromatic heterocycles. The molecule has 156 valence electrons. The summed E-state index contributed by atoms with van der Waals surface area (Å²) in [5.41, 5.74) is 0.647. The fourth-order valence-electron chi connectivity index (χ4n) is 2.83. The molecule has 0 saturated heterocycles. The zero-order chi connectivity index (χ0) is 21.7. The summed E-state index contributed by atoms with van der Waals surface area (Å²) in [7, 11) is 1.66. The Balaban J connectivity index is 1.81. The molecule has 4 nitrogen and oxygen atoms in total. The molecule has 0 N–H and O–H groups in total. The predicted octanol–water partition coefficient (Wildman–Crippen LogP) is 5.30. The monoisotopic (exact) mass is 431 g/mol. The molecule has 1 unspecified atom stereocenters. The van der Waals surface area contributed by atoms with Gasteiger partial charge in [0.15, 0.2) is 5.16 Å². The number of thioether (sulfide) groups is 1. The SMILES string of the molecule is CC(Sc1nc(-c2ccccc2)cc(C(F)(F)F)n1)C(=O)N(C)Cc1ccccc1. The van der Waals surface area contributed by atoms with Gasteiger partial charge in [-0.15, -0.1) is 0 Å². The van der Waals surface area contributed by atoms with Crippen LogP contribution in [0.2, 0.25) is 0 Å². The van der Waals surface area contributed by atoms with Crippen LogP contribution in [0.4, 0.5) is 13.2 Å². The molecule has 0 spiro atoms. The summed E-state index contributed by atoms with van der Waals surface area (Å²) in [6.45, 7) is 2.05. The first-order chi connectivity index (χ1) is 14.2. The van der Waals surface area contributed by atoms with E-state index < -0.39 is 17.1 Å². The van der Waals surface area contributed by atoms with E-state index in [1.54, 1.807) is 49.2 Å². The molecule has 0 bridgehead atoms. The van der Waals surface area contributed by atoms with Crippen LogP contribution in [0.5, 0.6) is 0 Å². The van der Waals surface area contributed by atoms with Gasteiger partial charge in [0.2, 0.25) is 5.91 Å². The van der Waals surface area contributed by atoms with Crippen LogP contribution in [0.15, 0.2) is 71.9 Å². The minimum Gasteiger partial charge on any atom is -0.340 e. The highest BCUT2D eigenvalue weighted by Gasteiger charge is 2.34. The van der Waals surface area contributed by atoms with Gasteiger partial charge >= 0.3 is 6.18 Å². The summed E-state index contributed by atoms with van der Waals surface area (Å²) < 4.78 is 40.1. The second-order valence-electron chi connectivity index (χ2n) is 6.72. The number of nitrogens with zero attached hydrogens (tertiary/aromatic N) is 3. The van der Waals surface area contributed by atoms with E-state index in [2.05, 4.69) is 9.97 Å². The van der Waals surface area contributed by atoms with E-state index in [1.807, 2.05) is 30.3 Å². The lowest BCUT2D eigenvalue weighted by Gasteiger charge is -2.21. The third-order valence-electron chi connectivity index (χ3n) is 4.33. The summed E-state index contributed by atoms with van der Waals surface area (Å²) in [5, 5.41) is -0.733. The standard InChI is InChI=1S/C22H20F3N3OS/c1-15(20(29)28(2)14-16-9-5-3-6-10-16)30-21-26-18(17-11-7-4-8-12-17)13-19(27-21)22(23,24)25/h3-13,15H,14H2,1-2H3. The van der Waals surface area contributed by atoms with E-state index in [4.69, 9.17) is 0 Å². The number of hydrogen-bond acceptors (Lipinski definition) is 4. The Morgan fingerprint density at radius 1 is 1.03 bits per heavy atom. The highest BCUT2D eigenvalue weighted by atomic mass is 32.2. The Kier molecular flexibility index (Phi) is 6.77. The van der Waals surface area contributed by atoms with Gasteiger partial charge in [-0.3, -0.25) is 4.79 Å². The molecule has 3 rings (SSSR count). The molecular formula is C22H20F3N3OS. The number of rotatable bonds is 6. The molecule has 0 aliphatic rings. The van der Waals surface area contributed by atoms with Crippen molar-refractivity contribution in [3.8, 4) is 11.3 Å². The van der Waals surface area contributed by atoms with Crippen molar-refractivity contribution in [1.82, 2.24) is 14.9 Å². The van der Waals surface area contributed by atoms with Crippen molar-refractivity contribution >= 4 is 17.7 Å². The fourth-order valence-corrected chi connectivity index (χ4v) is 3.73. The molecule has 2 aromatic carbocycles. The quantitative estimate of drug-likeness (QED) is 0.392. The summed E-state index contributed by atoms with van der Waals surface area (Å²) in [4.78, 5) is 22.2. The molecule has 0 aliphatic carbocycles. The third kappa shape index (κ3) is 5.60. The molecule has 1 atom stereocenters. The van der Waals surface area contributed by atoms with Crippen molar-refractivity contribution in [3.63, 3.8) is 0 Å². The highest BCUT2D eigenvalue weighted by Crippen LogP contribution is 2.33. The minimum atomic E-state index is -4.61. The maximum atomic E-state index is 13.4. The Morgan fingerprint density at radius 2 is 1.63 bits per heavy atom. The van der Waals surface area contributed by atoms with Gasteiger partial charge in [-0.25, -0.2) is 9.97 Å². The Morgan fingerprint density at radius 3 is 2.23 bits per heavy atom. The molecule has 0 radical (unpaired) electrons. The molecule has 30 heavy (non-hydrogen) atoms. The predicted molar refractivity (Wildman–Crippen MR) is 111 cm³/mol. The molecule has 1 amide bonds. The minimum absolute atomic E-state index is 0.0855. The molecule has 3 aromatic rings. The van der Waals surface area contributed by atoms with Crippen molar-refractivity contribution in [2.24, 2.45) is 0 Å². The first-order valence-electron chi connectivity index (χ1n) is 9.21. The van der Waals surface area contributed by atoms with E-state index in [1.165, 1.54) is 0 Å². The van der Waals surface area contributed by atoms with E-state index in [9.17, 15) is 18.0 Å². The van der Waals surface area contributed by atoms with E-state index >= 15 is 0 Å². The Labute approximate surface area is 177 Å². The lowest BCUT2D eigenvalue weighted by Crippen LogP contribution is -2.32. The number of carbonyl (C=O) groups is 1. The normalized spacial score (nSPS) is 12.4. The number of alkyl halides is 3. The maximum Gasteiger partial charge on any atom is 0.433 e. The van der Waals surface area contributed by atoms with Crippen LogP contribution in [-0.2, 0) is 17.5 Å². The van der Waals surface area contributed by atoms with Crippen LogP contribution in [0.3, 0.4) is 0 Å². The highest BCUT2D eigenvalue weighted by molar-refractivity contribution is 8.00. The van der Waals surface area contributed by atoms with Crippen LogP contribution in [0.1, 0.15) is 18.2 Å². The summed E-state index contributed by atoms with van der Waals surface area (Å²) in [5.74, 6) is -0.217. The summed E-state index contributed by atoms with van der Waals surface area (Å²) in [6, 6.07) is 19.0. The number of aromatic nitrogens is 2. The van der Waals surface area contributed by atoms with Crippen LogP contribution in [0, 0.1) is 0 Å². The number of benzene rings is 2. The topological polar surface area (TPSA) is 46.1 Å². The lowest BCUT2D eigenvalue weighted by molar-refractivity contribution is -0.141. The number of hydrogen-bond donors (Lipinski definition) is 0. The van der Waals surface area contributed by atoms with Crippen LogP contribution in [-0.4, -0.2) is 33.1 Å². The largest absolute Gasteiger partial charge is 0.433 e. The fraction of sp³-hybridized carbons (Fsp3) is 0.227. The number of carbonyl (C=O) groups excluding carboxylic acids is 1. The Hall–Kier alpha value is -2.87.